The number of carbonyl (C=O) groups excluding carboxylic acids is 1. The van der Waals surface area contributed by atoms with Crippen LogP contribution in [0.4, 0.5) is 4.39 Å². The lowest BCUT2D eigenvalue weighted by atomic mass is 9.75. The summed E-state index contributed by atoms with van der Waals surface area (Å²) in [6, 6.07) is 0. The van der Waals surface area contributed by atoms with E-state index in [4.69, 9.17) is 21.4 Å². The van der Waals surface area contributed by atoms with E-state index < -0.39 is 37.2 Å². The minimum Gasteiger partial charge on any atom is -0.394 e. The zero-order valence-corrected chi connectivity index (χ0v) is 27.1. The first-order valence-corrected chi connectivity index (χ1v) is 17.5. The first kappa shape index (κ1) is 35.6. The molecule has 5 rings (SSSR count). The van der Waals surface area contributed by atoms with Gasteiger partial charge >= 0.3 is 0 Å². The van der Waals surface area contributed by atoms with Crippen molar-refractivity contribution in [3.05, 3.63) is 0 Å². The van der Waals surface area contributed by atoms with Crippen molar-refractivity contribution < 1.29 is 39.5 Å². The van der Waals surface area contributed by atoms with Gasteiger partial charge in [-0.3, -0.25) is 25.2 Å². The Bertz CT molecular complexity index is 938. The molecule has 7 N–H and O–H groups in total. The summed E-state index contributed by atoms with van der Waals surface area (Å²) in [4.78, 5) is 19.4. The van der Waals surface area contributed by atoms with Crippen molar-refractivity contribution in [2.45, 2.75) is 112 Å². The van der Waals surface area contributed by atoms with Crippen LogP contribution in [0.1, 0.15) is 57.8 Å². The maximum absolute atomic E-state index is 15.2. The average molecular weight is 664 g/mol. The van der Waals surface area contributed by atoms with Crippen molar-refractivity contribution in [2.75, 3.05) is 65.6 Å². The van der Waals surface area contributed by atoms with Crippen LogP contribution < -0.4 is 10.6 Å². The molecule has 4 saturated heterocycles. The molecule has 1 spiro atoms. The molecule has 4 aliphatic heterocycles. The zero-order valence-electron chi connectivity index (χ0n) is 26.4. The van der Waals surface area contributed by atoms with Crippen LogP contribution in [0.5, 0.6) is 0 Å². The van der Waals surface area contributed by atoms with Gasteiger partial charge in [-0.25, -0.2) is 4.39 Å². The average Bonchev–Trinajstić information content (AvgIpc) is 3.00. The summed E-state index contributed by atoms with van der Waals surface area (Å²) in [5, 5.41) is 55.7. The van der Waals surface area contributed by atoms with E-state index in [1.54, 1.807) is 0 Å². The number of halogens is 2. The van der Waals surface area contributed by atoms with Crippen LogP contribution in [0.2, 0.25) is 0 Å². The van der Waals surface area contributed by atoms with E-state index in [0.717, 1.165) is 51.9 Å². The van der Waals surface area contributed by atoms with Crippen molar-refractivity contribution in [3.8, 4) is 0 Å². The lowest BCUT2D eigenvalue weighted by Gasteiger charge is -2.63. The molecule has 0 bridgehead atoms. The van der Waals surface area contributed by atoms with Gasteiger partial charge in [0.05, 0.1) is 29.7 Å². The first-order valence-electron chi connectivity index (χ1n) is 17.0. The number of amides is 1. The number of carbonyl (C=O) groups is 1. The van der Waals surface area contributed by atoms with E-state index in [-0.39, 0.29) is 48.1 Å². The van der Waals surface area contributed by atoms with E-state index in [0.29, 0.717) is 45.0 Å². The second-order valence-corrected chi connectivity index (χ2v) is 14.8. The predicted molar refractivity (Wildman–Crippen MR) is 166 cm³/mol. The van der Waals surface area contributed by atoms with Gasteiger partial charge in [0.25, 0.3) is 0 Å². The Morgan fingerprint density at radius 3 is 2.31 bits per heavy atom. The van der Waals surface area contributed by atoms with Crippen molar-refractivity contribution >= 4 is 17.5 Å². The van der Waals surface area contributed by atoms with Gasteiger partial charge in [0.2, 0.25) is 5.91 Å². The largest absolute Gasteiger partial charge is 0.394 e. The molecule has 3 unspecified atom stereocenters. The Morgan fingerprint density at radius 1 is 1.00 bits per heavy atom. The monoisotopic (exact) mass is 663 g/mol. The number of β-amino-alcohol motifs (C(OH)–C–C–N with tert-alkyl or cyclic N) is 1. The van der Waals surface area contributed by atoms with Crippen LogP contribution >= 0.6 is 11.6 Å². The number of aliphatic hydroxyl groups excluding tert-OH is 5. The number of piperidine rings is 1. The molecule has 7 atom stereocenters. The molecule has 0 aromatic rings. The van der Waals surface area contributed by atoms with Gasteiger partial charge in [-0.1, -0.05) is 0 Å². The topological polar surface area (TPSA) is 161 Å². The van der Waals surface area contributed by atoms with Crippen LogP contribution in [-0.2, 0) is 9.53 Å². The second kappa shape index (κ2) is 16.1. The molecule has 260 valence electrons. The van der Waals surface area contributed by atoms with Crippen molar-refractivity contribution in [3.63, 3.8) is 0 Å². The molecule has 5 fully saturated rings. The van der Waals surface area contributed by atoms with Crippen LogP contribution in [-0.4, -0.2) is 166 Å². The predicted octanol–water partition coefficient (Wildman–Crippen LogP) is -0.801. The summed E-state index contributed by atoms with van der Waals surface area (Å²) < 4.78 is 21.3. The number of hydrogen-bond donors (Lipinski definition) is 7. The van der Waals surface area contributed by atoms with Gasteiger partial charge in [-0.15, -0.1) is 11.6 Å². The Labute approximate surface area is 271 Å². The van der Waals surface area contributed by atoms with Gasteiger partial charge in [0.15, 0.2) is 0 Å². The minimum atomic E-state index is -1.66. The first-order chi connectivity index (χ1) is 21.6. The highest BCUT2D eigenvalue weighted by atomic mass is 35.5. The Kier molecular flexibility index (Phi) is 12.8. The lowest BCUT2D eigenvalue weighted by molar-refractivity contribution is -0.175. The normalized spacial score (nSPS) is 34.1. The number of hydrogen-bond acceptors (Lipinski definition) is 11. The van der Waals surface area contributed by atoms with Crippen molar-refractivity contribution in [1.82, 2.24) is 25.3 Å². The second-order valence-electron chi connectivity index (χ2n) is 14.2. The van der Waals surface area contributed by atoms with Gasteiger partial charge in [-0.05, 0) is 56.8 Å². The van der Waals surface area contributed by atoms with Crippen LogP contribution in [0.25, 0.3) is 0 Å². The maximum atomic E-state index is 15.2. The van der Waals surface area contributed by atoms with E-state index in [1.807, 2.05) is 9.80 Å². The number of likely N-dealkylation sites (tertiary alicyclic amines) is 3. The lowest BCUT2D eigenvalue weighted by Crippen LogP contribution is -2.78. The third-order valence-corrected chi connectivity index (χ3v) is 11.3. The van der Waals surface area contributed by atoms with E-state index in [2.05, 4.69) is 15.5 Å². The van der Waals surface area contributed by atoms with Crippen molar-refractivity contribution in [1.29, 1.82) is 0 Å². The number of rotatable bonds is 14. The highest BCUT2D eigenvalue weighted by molar-refractivity contribution is 6.21. The number of ether oxygens (including phenoxy) is 1. The summed E-state index contributed by atoms with van der Waals surface area (Å²) in [7, 11) is 0. The molecular weight excluding hydrogens is 609 g/mol. The van der Waals surface area contributed by atoms with Crippen molar-refractivity contribution in [2.24, 2.45) is 11.8 Å². The van der Waals surface area contributed by atoms with Gasteiger partial charge in [0, 0.05) is 71.8 Å². The molecular formula is C31H55ClFN5O7. The highest BCUT2D eigenvalue weighted by Gasteiger charge is 2.55. The number of alkyl halides is 2. The molecule has 4 heterocycles. The summed E-state index contributed by atoms with van der Waals surface area (Å²) in [6.07, 6.45) is 0.237. The Balaban J connectivity index is 0.934. The van der Waals surface area contributed by atoms with Crippen LogP contribution in [0.3, 0.4) is 0 Å². The maximum Gasteiger partial charge on any atom is 0.223 e. The van der Waals surface area contributed by atoms with E-state index in [9.17, 15) is 25.2 Å². The number of aliphatic hydroxyl groups is 5. The molecule has 1 aliphatic carbocycles. The molecule has 14 heteroatoms. The standard InChI is InChI=1S/C31H55ClFN5O7/c32-22-14-34-30(35-15-22)37-8-5-20(6-9-37)2-1-11-45-23-4-3-21(24(33)13-23)12-27(42)38-10-7-31(38)18-36(19-31)16-25(40)28(43)29(44)26(41)17-39/h20-26,28-30,34-35,39-41,43-44H,1-19H2/t21?,22?,23?,24?,25-,26+,28+,29+,30?/m0/s1. The fourth-order valence-electron chi connectivity index (χ4n) is 7.97. The summed E-state index contributed by atoms with van der Waals surface area (Å²) in [5.41, 5.74) is -0.314. The van der Waals surface area contributed by atoms with Gasteiger partial charge in [-0.2, -0.15) is 0 Å². The highest BCUT2D eigenvalue weighted by Crippen LogP contribution is 2.41. The molecule has 0 aromatic carbocycles. The minimum absolute atomic E-state index is 0.0284. The third kappa shape index (κ3) is 8.86. The summed E-state index contributed by atoms with van der Waals surface area (Å²) >= 11 is 6.16. The quantitative estimate of drug-likeness (QED) is 0.0921. The molecule has 0 radical (unpaired) electrons. The molecule has 45 heavy (non-hydrogen) atoms. The Morgan fingerprint density at radius 2 is 1.69 bits per heavy atom. The third-order valence-electron chi connectivity index (χ3n) is 11.0. The fraction of sp³-hybridized carbons (Fsp3) is 0.968. The number of nitrogens with zero attached hydrogens (tertiary/aromatic N) is 3. The van der Waals surface area contributed by atoms with E-state index in [1.165, 1.54) is 12.8 Å². The van der Waals surface area contributed by atoms with E-state index >= 15 is 4.39 Å². The SMILES string of the molecule is O=C(CC1CCC(OCCCC2CCN(C3NCC(Cl)CN3)CC2)CC1F)N1CCC12CN(C[C@H](O)[C@@H](O)[C@H](O)[C@H](O)CO)C2. The Hall–Kier alpha value is -0.710. The smallest absolute Gasteiger partial charge is 0.223 e. The number of nitrogens with one attached hydrogen (secondary N) is 2. The molecule has 1 saturated carbocycles. The zero-order chi connectivity index (χ0) is 32.1. The summed E-state index contributed by atoms with van der Waals surface area (Å²) in [5.74, 6) is 0.378. The molecule has 1 amide bonds. The molecule has 12 nitrogen and oxygen atoms in total. The van der Waals surface area contributed by atoms with Gasteiger partial charge < -0.3 is 35.2 Å². The van der Waals surface area contributed by atoms with Gasteiger partial charge in [0.1, 0.15) is 30.8 Å². The molecule has 5 aliphatic rings. The molecule has 0 aromatic heterocycles. The van der Waals surface area contributed by atoms with Crippen LogP contribution in [0.15, 0.2) is 0 Å². The summed E-state index contributed by atoms with van der Waals surface area (Å²) in [6.45, 7) is 5.51. The van der Waals surface area contributed by atoms with Crippen LogP contribution in [0, 0.1) is 11.8 Å². The fourth-order valence-corrected chi connectivity index (χ4v) is 8.15.